The summed E-state index contributed by atoms with van der Waals surface area (Å²) >= 11 is 0. The summed E-state index contributed by atoms with van der Waals surface area (Å²) in [6.07, 6.45) is 0.313. The normalized spacial score (nSPS) is 16.9. The zero-order chi connectivity index (χ0) is 25.8. The quantitative estimate of drug-likeness (QED) is 0.542. The summed E-state index contributed by atoms with van der Waals surface area (Å²) in [7, 11) is -4.12. The molecule has 0 bridgehead atoms. The van der Waals surface area contributed by atoms with Gasteiger partial charge in [0.25, 0.3) is 15.9 Å². The van der Waals surface area contributed by atoms with Gasteiger partial charge in [-0.05, 0) is 30.5 Å². The molecule has 0 aliphatic carbocycles. The number of hydrogen-bond donors (Lipinski definition) is 2. The van der Waals surface area contributed by atoms with Crippen LogP contribution in [0.25, 0.3) is 0 Å². The highest BCUT2D eigenvalue weighted by Gasteiger charge is 2.35. The lowest BCUT2D eigenvalue weighted by Crippen LogP contribution is -2.51. The third kappa shape index (κ3) is 6.41. The number of nitrogens with one attached hydrogen (secondary N) is 2. The smallest absolute Gasteiger partial charge is 0.264 e. The van der Waals surface area contributed by atoms with Crippen molar-refractivity contribution in [2.24, 2.45) is 5.92 Å². The van der Waals surface area contributed by atoms with Crippen LogP contribution in [0.1, 0.15) is 38.7 Å². The largest absolute Gasteiger partial charge is 0.344 e. The van der Waals surface area contributed by atoms with Crippen LogP contribution >= 0.6 is 0 Å². The summed E-state index contributed by atoms with van der Waals surface area (Å²) in [6, 6.07) is 9.32. The van der Waals surface area contributed by atoms with E-state index >= 15 is 0 Å². The maximum absolute atomic E-state index is 14.1. The van der Waals surface area contributed by atoms with Crippen molar-refractivity contribution in [3.63, 3.8) is 0 Å². The van der Waals surface area contributed by atoms with Gasteiger partial charge in [-0.25, -0.2) is 21.9 Å². The van der Waals surface area contributed by atoms with E-state index in [-0.39, 0.29) is 35.8 Å². The van der Waals surface area contributed by atoms with Crippen LogP contribution in [0.15, 0.2) is 53.4 Å². The number of carbonyl (C=O) groups is 3. The van der Waals surface area contributed by atoms with Crippen LogP contribution in [0.2, 0.25) is 0 Å². The van der Waals surface area contributed by atoms with Crippen LogP contribution in [0.5, 0.6) is 0 Å². The molecule has 35 heavy (non-hydrogen) atoms. The molecule has 2 aromatic rings. The Hall–Kier alpha value is -3.34. The van der Waals surface area contributed by atoms with E-state index in [4.69, 9.17) is 0 Å². The van der Waals surface area contributed by atoms with Gasteiger partial charge in [0.1, 0.15) is 6.04 Å². The minimum Gasteiger partial charge on any atom is -0.344 e. The van der Waals surface area contributed by atoms with Crippen molar-refractivity contribution in [2.75, 3.05) is 0 Å². The van der Waals surface area contributed by atoms with Crippen LogP contribution in [-0.2, 0) is 31.0 Å². The van der Waals surface area contributed by atoms with Gasteiger partial charge in [0, 0.05) is 31.0 Å². The Morgan fingerprint density at radius 3 is 2.43 bits per heavy atom. The van der Waals surface area contributed by atoms with Crippen LogP contribution in [0.3, 0.4) is 0 Å². The molecule has 0 aromatic heterocycles. The number of benzene rings is 2. The second-order valence-electron chi connectivity index (χ2n) is 8.70. The van der Waals surface area contributed by atoms with E-state index in [1.807, 2.05) is 4.72 Å². The van der Waals surface area contributed by atoms with E-state index in [0.29, 0.717) is 6.42 Å². The maximum atomic E-state index is 14.1. The van der Waals surface area contributed by atoms with Crippen LogP contribution in [0, 0.1) is 17.6 Å². The number of sulfonamides is 1. The summed E-state index contributed by atoms with van der Waals surface area (Å²) in [5, 5.41) is 2.55. The minimum absolute atomic E-state index is 0.00351. The standard InChI is InChI=1S/C24H27F2N3O5S/c1-15(2)23(24(32)28-35(33,34)18-8-4-3-5-9-18)27-20(30)13-17-11-12-21(31)29(17)14-16-7-6-10-19(25)22(16)26/h3-10,15,17,23H,11-14H2,1-2H3,(H,27,30)(H,28,32)/t17-,23-/m0/s1. The van der Waals surface area contributed by atoms with Crippen LogP contribution in [0.4, 0.5) is 8.78 Å². The van der Waals surface area contributed by atoms with E-state index < -0.39 is 51.5 Å². The first-order chi connectivity index (χ1) is 16.5. The Labute approximate surface area is 202 Å². The third-order valence-electron chi connectivity index (χ3n) is 5.80. The van der Waals surface area contributed by atoms with Crippen molar-refractivity contribution in [3.05, 3.63) is 65.7 Å². The molecule has 1 aliphatic heterocycles. The second kappa shape index (κ2) is 10.9. The molecule has 2 N–H and O–H groups in total. The van der Waals surface area contributed by atoms with E-state index in [2.05, 4.69) is 5.32 Å². The Balaban J connectivity index is 1.67. The molecule has 0 saturated carbocycles. The lowest BCUT2D eigenvalue weighted by molar-refractivity contribution is -0.132. The van der Waals surface area contributed by atoms with Crippen molar-refractivity contribution >= 4 is 27.7 Å². The number of likely N-dealkylation sites (tertiary alicyclic amines) is 1. The van der Waals surface area contributed by atoms with Crippen molar-refractivity contribution in [3.8, 4) is 0 Å². The molecule has 1 heterocycles. The molecule has 1 fully saturated rings. The van der Waals surface area contributed by atoms with E-state index in [9.17, 15) is 31.6 Å². The molecule has 0 radical (unpaired) electrons. The van der Waals surface area contributed by atoms with Gasteiger partial charge < -0.3 is 10.2 Å². The van der Waals surface area contributed by atoms with E-state index in [1.54, 1.807) is 19.9 Å². The molecule has 0 spiro atoms. The molecule has 2 aromatic carbocycles. The molecule has 3 amide bonds. The molecule has 3 rings (SSSR count). The highest BCUT2D eigenvalue weighted by molar-refractivity contribution is 7.90. The number of halogens is 2. The summed E-state index contributed by atoms with van der Waals surface area (Å²) in [6.45, 7) is 3.11. The lowest BCUT2D eigenvalue weighted by atomic mass is 10.0. The molecule has 8 nitrogen and oxygen atoms in total. The second-order valence-corrected chi connectivity index (χ2v) is 10.4. The molecular formula is C24H27F2N3O5S. The molecule has 2 atom stereocenters. The number of hydrogen-bond acceptors (Lipinski definition) is 5. The number of rotatable bonds is 9. The van der Waals surface area contributed by atoms with Gasteiger partial charge in [-0.3, -0.25) is 14.4 Å². The van der Waals surface area contributed by atoms with Crippen molar-refractivity contribution in [1.82, 2.24) is 14.9 Å². The van der Waals surface area contributed by atoms with Crippen molar-refractivity contribution < 1.29 is 31.6 Å². The number of amides is 3. The van der Waals surface area contributed by atoms with Crippen molar-refractivity contribution in [1.29, 1.82) is 0 Å². The molecule has 0 unspecified atom stereocenters. The molecule has 11 heteroatoms. The van der Waals surface area contributed by atoms with Gasteiger partial charge in [0.15, 0.2) is 11.6 Å². The molecule has 188 valence electrons. The highest BCUT2D eigenvalue weighted by atomic mass is 32.2. The SMILES string of the molecule is CC(C)[C@H](NC(=O)C[C@@H]1CCC(=O)N1Cc1cccc(F)c1F)C(=O)NS(=O)(=O)c1ccccc1. The summed E-state index contributed by atoms with van der Waals surface area (Å²) in [5.74, 6) is -4.27. The van der Waals surface area contributed by atoms with Gasteiger partial charge in [-0.2, -0.15) is 0 Å². The van der Waals surface area contributed by atoms with Gasteiger partial charge in [-0.1, -0.05) is 44.2 Å². The fourth-order valence-corrected chi connectivity index (χ4v) is 4.94. The Bertz CT molecular complexity index is 1200. The van der Waals surface area contributed by atoms with Crippen molar-refractivity contribution in [2.45, 2.75) is 56.6 Å². The predicted molar refractivity (Wildman–Crippen MR) is 123 cm³/mol. The Morgan fingerprint density at radius 2 is 1.77 bits per heavy atom. The van der Waals surface area contributed by atoms with E-state index in [0.717, 1.165) is 6.07 Å². The summed E-state index contributed by atoms with van der Waals surface area (Å²) in [4.78, 5) is 39.1. The van der Waals surface area contributed by atoms with Gasteiger partial charge in [-0.15, -0.1) is 0 Å². The third-order valence-corrected chi connectivity index (χ3v) is 7.16. The average Bonchev–Trinajstić information content (AvgIpc) is 3.14. The zero-order valence-corrected chi connectivity index (χ0v) is 20.1. The minimum atomic E-state index is -4.12. The van der Waals surface area contributed by atoms with Gasteiger partial charge in [0.05, 0.1) is 4.90 Å². The summed E-state index contributed by atoms with van der Waals surface area (Å²) < 4.78 is 54.6. The fourth-order valence-electron chi connectivity index (χ4n) is 3.91. The molecule has 1 saturated heterocycles. The zero-order valence-electron chi connectivity index (χ0n) is 19.3. The molecular weight excluding hydrogens is 480 g/mol. The number of carbonyl (C=O) groups excluding carboxylic acids is 3. The first-order valence-corrected chi connectivity index (χ1v) is 12.6. The van der Waals surface area contributed by atoms with E-state index in [1.165, 1.54) is 41.3 Å². The maximum Gasteiger partial charge on any atom is 0.264 e. The topological polar surface area (TPSA) is 113 Å². The highest BCUT2D eigenvalue weighted by Crippen LogP contribution is 2.25. The summed E-state index contributed by atoms with van der Waals surface area (Å²) in [5.41, 5.74) is -0.00351. The predicted octanol–water partition coefficient (Wildman–Crippen LogP) is 2.49. The lowest BCUT2D eigenvalue weighted by Gasteiger charge is -2.26. The Kier molecular flexibility index (Phi) is 8.21. The fraction of sp³-hybridized carbons (Fsp3) is 0.375. The van der Waals surface area contributed by atoms with Gasteiger partial charge >= 0.3 is 0 Å². The average molecular weight is 508 g/mol. The first-order valence-electron chi connectivity index (χ1n) is 11.1. The van der Waals surface area contributed by atoms with Gasteiger partial charge in [0.2, 0.25) is 11.8 Å². The monoisotopic (exact) mass is 507 g/mol. The Morgan fingerprint density at radius 1 is 1.09 bits per heavy atom. The first kappa shape index (κ1) is 26.3. The number of nitrogens with zero attached hydrogens (tertiary/aromatic N) is 1. The van der Waals surface area contributed by atoms with Crippen LogP contribution < -0.4 is 10.0 Å². The van der Waals surface area contributed by atoms with Crippen LogP contribution in [-0.4, -0.2) is 43.1 Å². The molecule has 1 aliphatic rings.